The number of aryl methyl sites for hydroxylation is 1. The van der Waals surface area contributed by atoms with Crippen molar-refractivity contribution in [2.24, 2.45) is 0 Å². The fourth-order valence-electron chi connectivity index (χ4n) is 4.75. The van der Waals surface area contributed by atoms with Crippen molar-refractivity contribution in [3.8, 4) is 5.69 Å². The van der Waals surface area contributed by atoms with E-state index in [2.05, 4.69) is 20.5 Å². The van der Waals surface area contributed by atoms with E-state index in [1.165, 1.54) is 30.0 Å². The van der Waals surface area contributed by atoms with Crippen molar-refractivity contribution < 1.29 is 32.2 Å². The zero-order chi connectivity index (χ0) is 27.4. The molecule has 1 aromatic heterocycles. The Kier molecular flexibility index (Phi) is 8.61. The molecule has 0 radical (unpaired) electrons. The standard InChI is InChI=1S/C26H34F3N5O4/c1-16-14-30-15-23(38-16)24(35)33(18-10-11-18)17(2)21-13-19(7-6-12-31-25(36)37-3)34(32-21)22-9-5-4-8-20(22)26(27,28)29/h4-5,8-9,13,16-18,23,30H,6-7,10-12,14-15H2,1-3H3,(H,31,36)/t16-,17?,23-/m1/s1. The fraction of sp³-hybridized carbons (Fsp3) is 0.577. The maximum Gasteiger partial charge on any atom is 0.418 e. The first-order valence-electron chi connectivity index (χ1n) is 12.9. The summed E-state index contributed by atoms with van der Waals surface area (Å²) in [6.45, 7) is 5.10. The second kappa shape index (κ2) is 11.7. The van der Waals surface area contributed by atoms with E-state index in [9.17, 15) is 22.8 Å². The van der Waals surface area contributed by atoms with Crippen LogP contribution in [0.3, 0.4) is 0 Å². The van der Waals surface area contributed by atoms with Crippen molar-refractivity contribution >= 4 is 12.0 Å². The van der Waals surface area contributed by atoms with E-state index >= 15 is 0 Å². The number of halogens is 3. The number of amides is 2. The molecule has 0 spiro atoms. The van der Waals surface area contributed by atoms with Gasteiger partial charge in [-0.2, -0.15) is 18.3 Å². The molecule has 2 aromatic rings. The summed E-state index contributed by atoms with van der Waals surface area (Å²) in [4.78, 5) is 26.7. The first-order chi connectivity index (χ1) is 18.1. The highest BCUT2D eigenvalue weighted by atomic mass is 19.4. The molecule has 12 heteroatoms. The number of para-hydroxylation sites is 1. The summed E-state index contributed by atoms with van der Waals surface area (Å²) >= 11 is 0. The van der Waals surface area contributed by atoms with Crippen LogP contribution in [0, 0.1) is 0 Å². The Labute approximate surface area is 219 Å². The molecule has 4 rings (SSSR count). The SMILES string of the molecule is COC(=O)NCCCc1cc(C(C)N(C(=O)[C@H]2CNC[C@@H](C)O2)C2CC2)nn1-c1ccccc1C(F)(F)F. The van der Waals surface area contributed by atoms with Gasteiger partial charge in [-0.1, -0.05) is 12.1 Å². The van der Waals surface area contributed by atoms with Gasteiger partial charge in [0.1, 0.15) is 6.10 Å². The normalized spacial score (nSPS) is 20.6. The van der Waals surface area contributed by atoms with Crippen molar-refractivity contribution in [2.75, 3.05) is 26.7 Å². The lowest BCUT2D eigenvalue weighted by atomic mass is 10.1. The van der Waals surface area contributed by atoms with Gasteiger partial charge in [0.05, 0.1) is 36.2 Å². The van der Waals surface area contributed by atoms with Crippen LogP contribution in [0.15, 0.2) is 30.3 Å². The molecule has 9 nitrogen and oxygen atoms in total. The van der Waals surface area contributed by atoms with Crippen LogP contribution in [0.1, 0.15) is 56.1 Å². The Morgan fingerprint density at radius 3 is 2.68 bits per heavy atom. The van der Waals surface area contributed by atoms with Gasteiger partial charge < -0.3 is 25.0 Å². The lowest BCUT2D eigenvalue weighted by molar-refractivity contribution is -0.152. The zero-order valence-electron chi connectivity index (χ0n) is 21.8. The lowest BCUT2D eigenvalue weighted by Gasteiger charge is -2.35. The van der Waals surface area contributed by atoms with Gasteiger partial charge in [-0.3, -0.25) is 4.79 Å². The van der Waals surface area contributed by atoms with Crippen molar-refractivity contribution in [3.05, 3.63) is 47.3 Å². The van der Waals surface area contributed by atoms with E-state index in [-0.39, 0.29) is 30.3 Å². The summed E-state index contributed by atoms with van der Waals surface area (Å²) in [6, 6.07) is 6.60. The number of hydrogen-bond donors (Lipinski definition) is 2. The highest BCUT2D eigenvalue weighted by molar-refractivity contribution is 5.82. The quantitative estimate of drug-likeness (QED) is 0.475. The molecular weight excluding hydrogens is 503 g/mol. The molecule has 1 aliphatic heterocycles. The number of hydrogen-bond acceptors (Lipinski definition) is 6. The molecule has 1 saturated carbocycles. The van der Waals surface area contributed by atoms with Gasteiger partial charge in [-0.05, 0) is 57.7 Å². The maximum absolute atomic E-state index is 13.9. The summed E-state index contributed by atoms with van der Waals surface area (Å²) in [7, 11) is 1.26. The third kappa shape index (κ3) is 6.47. The van der Waals surface area contributed by atoms with Crippen LogP contribution in [0.2, 0.25) is 0 Å². The molecule has 1 saturated heterocycles. The fourth-order valence-corrected chi connectivity index (χ4v) is 4.75. The van der Waals surface area contributed by atoms with E-state index in [0.717, 1.165) is 18.9 Å². The molecule has 208 valence electrons. The van der Waals surface area contributed by atoms with Crippen molar-refractivity contribution in [2.45, 2.75) is 70.0 Å². The third-order valence-electron chi connectivity index (χ3n) is 6.78. The van der Waals surface area contributed by atoms with Gasteiger partial charge >= 0.3 is 12.3 Å². The number of alkyl halides is 3. The molecule has 2 N–H and O–H groups in total. The average molecular weight is 538 g/mol. The smallest absolute Gasteiger partial charge is 0.418 e. The third-order valence-corrected chi connectivity index (χ3v) is 6.78. The molecular formula is C26H34F3N5O4. The summed E-state index contributed by atoms with van der Waals surface area (Å²) in [5.41, 5.74) is 0.145. The van der Waals surface area contributed by atoms with E-state index in [0.29, 0.717) is 37.3 Å². The Bertz CT molecular complexity index is 1130. The van der Waals surface area contributed by atoms with E-state index in [4.69, 9.17) is 4.74 Å². The maximum atomic E-state index is 13.9. The number of carbonyl (C=O) groups is 2. The minimum Gasteiger partial charge on any atom is -0.453 e. The molecule has 1 aliphatic carbocycles. The van der Waals surface area contributed by atoms with Gasteiger partial charge in [-0.25, -0.2) is 9.48 Å². The monoisotopic (exact) mass is 537 g/mol. The van der Waals surface area contributed by atoms with Crippen LogP contribution >= 0.6 is 0 Å². The van der Waals surface area contributed by atoms with Crippen LogP contribution in [0.5, 0.6) is 0 Å². The number of alkyl carbamates (subject to hydrolysis) is 1. The van der Waals surface area contributed by atoms with Crippen molar-refractivity contribution in [1.82, 2.24) is 25.3 Å². The molecule has 3 atom stereocenters. The van der Waals surface area contributed by atoms with Gasteiger partial charge in [0.15, 0.2) is 0 Å². The molecule has 1 unspecified atom stereocenters. The number of ether oxygens (including phenoxy) is 2. The number of nitrogens with zero attached hydrogens (tertiary/aromatic N) is 3. The number of methoxy groups -OCH3 is 1. The minimum atomic E-state index is -4.57. The van der Waals surface area contributed by atoms with Crippen LogP contribution < -0.4 is 10.6 Å². The number of nitrogens with one attached hydrogen (secondary N) is 2. The van der Waals surface area contributed by atoms with Gasteiger partial charge in [-0.15, -0.1) is 0 Å². The van der Waals surface area contributed by atoms with Gasteiger partial charge in [0, 0.05) is 31.4 Å². The highest BCUT2D eigenvalue weighted by Gasteiger charge is 2.41. The Balaban J connectivity index is 1.65. The lowest BCUT2D eigenvalue weighted by Crippen LogP contribution is -2.53. The topological polar surface area (TPSA) is 97.7 Å². The summed E-state index contributed by atoms with van der Waals surface area (Å²) in [5, 5.41) is 10.4. The van der Waals surface area contributed by atoms with Crippen LogP contribution in [-0.4, -0.2) is 71.7 Å². The largest absolute Gasteiger partial charge is 0.453 e. The Morgan fingerprint density at radius 1 is 1.29 bits per heavy atom. The van der Waals surface area contributed by atoms with Crippen LogP contribution in [-0.2, 0) is 26.9 Å². The second-order valence-electron chi connectivity index (χ2n) is 9.76. The predicted molar refractivity (Wildman–Crippen MR) is 133 cm³/mol. The van der Waals surface area contributed by atoms with Crippen molar-refractivity contribution in [3.63, 3.8) is 0 Å². The second-order valence-corrected chi connectivity index (χ2v) is 9.76. The van der Waals surface area contributed by atoms with E-state index in [1.54, 1.807) is 11.0 Å². The Hall–Kier alpha value is -3.12. The molecule has 0 bridgehead atoms. The van der Waals surface area contributed by atoms with Gasteiger partial charge in [0.2, 0.25) is 0 Å². The zero-order valence-corrected chi connectivity index (χ0v) is 21.8. The molecule has 2 amide bonds. The number of carbonyl (C=O) groups excluding carboxylic acids is 2. The molecule has 38 heavy (non-hydrogen) atoms. The molecule has 2 fully saturated rings. The summed E-state index contributed by atoms with van der Waals surface area (Å²) in [5.74, 6) is -0.145. The first kappa shape index (κ1) is 27.9. The van der Waals surface area contributed by atoms with E-state index < -0.39 is 30.0 Å². The number of aromatic nitrogens is 2. The number of rotatable bonds is 9. The van der Waals surface area contributed by atoms with Crippen LogP contribution in [0.4, 0.5) is 18.0 Å². The molecule has 1 aromatic carbocycles. The molecule has 2 aliphatic rings. The number of morpholine rings is 1. The highest BCUT2D eigenvalue weighted by Crippen LogP contribution is 2.37. The van der Waals surface area contributed by atoms with Gasteiger partial charge in [0.25, 0.3) is 5.91 Å². The first-order valence-corrected chi connectivity index (χ1v) is 12.9. The summed E-state index contributed by atoms with van der Waals surface area (Å²) in [6.07, 6.45) is -3.37. The van der Waals surface area contributed by atoms with Crippen LogP contribution in [0.25, 0.3) is 5.69 Å². The summed E-state index contributed by atoms with van der Waals surface area (Å²) < 4.78 is 53.4. The predicted octanol–water partition coefficient (Wildman–Crippen LogP) is 3.61. The minimum absolute atomic E-state index is 0.0404. The van der Waals surface area contributed by atoms with Crippen molar-refractivity contribution in [1.29, 1.82) is 0 Å². The van der Waals surface area contributed by atoms with E-state index in [1.807, 2.05) is 13.8 Å². The average Bonchev–Trinajstić information content (AvgIpc) is 3.63. The number of benzene rings is 1. The molecule has 2 heterocycles. The Morgan fingerprint density at radius 2 is 2.03 bits per heavy atom.